The van der Waals surface area contributed by atoms with Crippen molar-refractivity contribution in [2.24, 2.45) is 0 Å². The Balaban J connectivity index is 1.35. The van der Waals surface area contributed by atoms with Crippen molar-refractivity contribution in [2.45, 2.75) is 53.9 Å². The third-order valence-electron chi connectivity index (χ3n) is 5.74. The third-order valence-corrected chi connectivity index (χ3v) is 5.74. The van der Waals surface area contributed by atoms with Crippen LogP contribution in [0.2, 0.25) is 0 Å². The highest BCUT2D eigenvalue weighted by Gasteiger charge is 2.11. The van der Waals surface area contributed by atoms with Gasteiger partial charge in [-0.05, 0) is 51.0 Å². The highest BCUT2D eigenvalue weighted by atomic mass is 15.0. The summed E-state index contributed by atoms with van der Waals surface area (Å²) in [4.78, 5) is 0. The minimum atomic E-state index is 0.957. The molecule has 0 saturated carbocycles. The molecule has 0 unspecified atom stereocenters. The molecule has 0 aromatic carbocycles. The van der Waals surface area contributed by atoms with Gasteiger partial charge in [0.15, 0.2) is 49.6 Å². The highest BCUT2D eigenvalue weighted by molar-refractivity contribution is 5.60. The second-order valence-corrected chi connectivity index (χ2v) is 8.91. The van der Waals surface area contributed by atoms with Gasteiger partial charge in [-0.2, -0.15) is 18.3 Å². The van der Waals surface area contributed by atoms with Gasteiger partial charge >= 0.3 is 0 Å². The first kappa shape index (κ1) is 21.8. The molecule has 0 aliphatic rings. The molecule has 0 spiro atoms. The minimum absolute atomic E-state index is 0.957. The molecular weight excluding hydrogens is 392 g/mol. The van der Waals surface area contributed by atoms with Gasteiger partial charge in [-0.15, -0.1) is 0 Å². The summed E-state index contributed by atoms with van der Waals surface area (Å²) in [7, 11) is 0. The lowest BCUT2D eigenvalue weighted by molar-refractivity contribution is -0.778. The van der Waals surface area contributed by atoms with Crippen molar-refractivity contribution >= 4 is 0 Å². The van der Waals surface area contributed by atoms with Crippen LogP contribution in [0.5, 0.6) is 0 Å². The van der Waals surface area contributed by atoms with Crippen molar-refractivity contribution in [1.82, 2.24) is 0 Å². The van der Waals surface area contributed by atoms with Crippen LogP contribution >= 0.6 is 0 Å². The van der Waals surface area contributed by atoms with Crippen molar-refractivity contribution in [3.8, 4) is 11.1 Å². The molecule has 4 heteroatoms. The van der Waals surface area contributed by atoms with Crippen LogP contribution in [-0.2, 0) is 26.2 Å². The Morgan fingerprint density at radius 1 is 0.438 bits per heavy atom. The molecule has 0 fully saturated rings. The highest BCUT2D eigenvalue weighted by Crippen LogP contribution is 2.15. The molecule has 0 aliphatic carbocycles. The summed E-state index contributed by atoms with van der Waals surface area (Å²) in [5, 5.41) is 0. The van der Waals surface area contributed by atoms with Gasteiger partial charge in [0.2, 0.25) is 26.2 Å². The predicted octanol–water partition coefficient (Wildman–Crippen LogP) is 3.14. The van der Waals surface area contributed by atoms with E-state index in [2.05, 4.69) is 132 Å². The topological polar surface area (TPSA) is 15.5 Å². The molecule has 0 amide bonds. The Morgan fingerprint density at radius 3 is 1.03 bits per heavy atom. The van der Waals surface area contributed by atoms with E-state index in [9.17, 15) is 0 Å². The Labute approximate surface area is 191 Å². The molecule has 0 radical (unpaired) electrons. The molecule has 32 heavy (non-hydrogen) atoms. The van der Waals surface area contributed by atoms with Gasteiger partial charge in [0.1, 0.15) is 0 Å². The van der Waals surface area contributed by atoms with Gasteiger partial charge in [-0.25, -0.2) is 0 Å². The summed E-state index contributed by atoms with van der Waals surface area (Å²) in [5.74, 6) is 0. The molecule has 0 N–H and O–H groups in total. The van der Waals surface area contributed by atoms with E-state index in [1.165, 1.54) is 33.4 Å². The minimum Gasteiger partial charge on any atom is -0.198 e. The van der Waals surface area contributed by atoms with Crippen molar-refractivity contribution < 1.29 is 18.3 Å². The number of hydrogen-bond acceptors (Lipinski definition) is 0. The van der Waals surface area contributed by atoms with Gasteiger partial charge in [-0.1, -0.05) is 0 Å². The Hall–Kier alpha value is -3.40. The van der Waals surface area contributed by atoms with Gasteiger partial charge < -0.3 is 0 Å². The SMILES string of the molecule is Cc1cc(C)c[n+](CC[n+]2ccc(-c3cc[n+](CC[n+]4cc(C)cc(C)c4)cc3)cc2)c1. The van der Waals surface area contributed by atoms with Gasteiger partial charge in [0.25, 0.3) is 0 Å². The lowest BCUT2D eigenvalue weighted by Crippen LogP contribution is -2.44. The molecule has 4 nitrogen and oxygen atoms in total. The van der Waals surface area contributed by atoms with Crippen LogP contribution in [0.3, 0.4) is 0 Å². The Kier molecular flexibility index (Phi) is 6.69. The van der Waals surface area contributed by atoms with Gasteiger partial charge in [0, 0.05) is 46.5 Å². The van der Waals surface area contributed by atoms with Crippen molar-refractivity contribution in [3.05, 3.63) is 108 Å². The van der Waals surface area contributed by atoms with Crippen LogP contribution in [0.15, 0.2) is 86.0 Å². The first-order valence-corrected chi connectivity index (χ1v) is 11.4. The zero-order valence-corrected chi connectivity index (χ0v) is 19.7. The summed E-state index contributed by atoms with van der Waals surface area (Å²) in [5.41, 5.74) is 7.71. The van der Waals surface area contributed by atoms with E-state index in [1.807, 2.05) is 0 Å². The van der Waals surface area contributed by atoms with E-state index in [4.69, 9.17) is 0 Å². The van der Waals surface area contributed by atoms with Gasteiger partial charge in [0.05, 0.1) is 0 Å². The van der Waals surface area contributed by atoms with E-state index in [0.717, 1.165) is 26.2 Å². The van der Waals surface area contributed by atoms with Crippen LogP contribution in [0.1, 0.15) is 22.3 Å². The third kappa shape index (κ3) is 5.85. The summed E-state index contributed by atoms with van der Waals surface area (Å²) >= 11 is 0. The number of aryl methyl sites for hydroxylation is 8. The van der Waals surface area contributed by atoms with Crippen molar-refractivity contribution in [2.75, 3.05) is 0 Å². The number of pyridine rings is 4. The van der Waals surface area contributed by atoms with Crippen molar-refractivity contribution in [3.63, 3.8) is 0 Å². The first-order valence-electron chi connectivity index (χ1n) is 11.4. The molecule has 0 bridgehead atoms. The fraction of sp³-hybridized carbons (Fsp3) is 0.286. The van der Waals surface area contributed by atoms with Crippen LogP contribution in [0.4, 0.5) is 0 Å². The second kappa shape index (κ2) is 9.82. The number of hydrogen-bond donors (Lipinski definition) is 0. The molecule has 0 aliphatic heterocycles. The molecule has 162 valence electrons. The fourth-order valence-electron chi connectivity index (χ4n) is 4.31. The monoisotopic (exact) mass is 426 g/mol. The zero-order chi connectivity index (χ0) is 22.5. The van der Waals surface area contributed by atoms with E-state index in [-0.39, 0.29) is 0 Å². The summed E-state index contributed by atoms with van der Waals surface area (Å²) in [6, 6.07) is 13.2. The second-order valence-electron chi connectivity index (χ2n) is 8.91. The lowest BCUT2D eigenvalue weighted by atomic mass is 10.1. The molecule has 0 saturated heterocycles. The molecule has 0 atom stereocenters. The molecule has 4 aromatic heterocycles. The summed E-state index contributed by atoms with van der Waals surface area (Å²) in [6.07, 6.45) is 17.5. The van der Waals surface area contributed by atoms with Crippen LogP contribution in [-0.4, -0.2) is 0 Å². The first-order chi connectivity index (χ1) is 15.4. The maximum absolute atomic E-state index is 2.28. The van der Waals surface area contributed by atoms with Crippen LogP contribution in [0.25, 0.3) is 11.1 Å². The quantitative estimate of drug-likeness (QED) is 0.404. The van der Waals surface area contributed by atoms with E-state index in [0.29, 0.717) is 0 Å². The average molecular weight is 427 g/mol. The van der Waals surface area contributed by atoms with E-state index in [1.54, 1.807) is 0 Å². The zero-order valence-electron chi connectivity index (χ0n) is 19.7. The number of rotatable bonds is 7. The van der Waals surface area contributed by atoms with Crippen molar-refractivity contribution in [1.29, 1.82) is 0 Å². The summed E-state index contributed by atoms with van der Waals surface area (Å²) < 4.78 is 9.05. The Bertz CT molecular complexity index is 1060. The number of aromatic nitrogens is 4. The largest absolute Gasteiger partial charge is 0.206 e. The normalized spacial score (nSPS) is 11.0. The van der Waals surface area contributed by atoms with Gasteiger partial charge in [-0.3, -0.25) is 0 Å². The molecule has 4 heterocycles. The fourth-order valence-corrected chi connectivity index (χ4v) is 4.31. The standard InChI is InChI=1S/C28H34N4/c1-23-17-24(2)20-31(19-23)15-13-29-9-5-27(6-10-29)28-7-11-30(12-8-28)14-16-32-21-25(3)18-26(4)22-32/h5-12,17-22H,13-16H2,1-4H3/q+4. The average Bonchev–Trinajstić information content (AvgIpc) is 2.76. The molecular formula is C28H34N4+4. The molecule has 4 aromatic rings. The lowest BCUT2D eigenvalue weighted by Gasteiger charge is -2.02. The smallest absolute Gasteiger partial charge is 0.198 e. The van der Waals surface area contributed by atoms with Crippen LogP contribution < -0.4 is 18.3 Å². The van der Waals surface area contributed by atoms with Crippen LogP contribution in [0, 0.1) is 27.7 Å². The van der Waals surface area contributed by atoms with E-state index < -0.39 is 0 Å². The maximum atomic E-state index is 2.28. The predicted molar refractivity (Wildman–Crippen MR) is 124 cm³/mol. The van der Waals surface area contributed by atoms with E-state index >= 15 is 0 Å². The number of nitrogens with zero attached hydrogens (tertiary/aromatic N) is 4. The Morgan fingerprint density at radius 2 is 0.719 bits per heavy atom. The maximum Gasteiger partial charge on any atom is 0.206 e. The molecule has 4 rings (SSSR count). The summed E-state index contributed by atoms with van der Waals surface area (Å²) in [6.45, 7) is 12.5.